The Morgan fingerprint density at radius 3 is 1.05 bits per heavy atom. The van der Waals surface area contributed by atoms with Gasteiger partial charge < -0.3 is 59.4 Å². The second kappa shape index (κ2) is 46.7. The van der Waals surface area contributed by atoms with Crippen LogP contribution in [0.1, 0.15) is 352 Å². The lowest BCUT2D eigenvalue weighted by Gasteiger charge is -2.35. The number of ether oxygens (including phenoxy) is 5. The molecule has 0 aliphatic carbocycles. The fourth-order valence-corrected chi connectivity index (χ4v) is 15.1. The number of carboxylic acid groups (broad SMARTS) is 2. The van der Waals surface area contributed by atoms with Gasteiger partial charge in [0.25, 0.3) is 0 Å². The number of rotatable bonds is 28. The van der Waals surface area contributed by atoms with E-state index in [0.29, 0.717) is 63.8 Å². The summed E-state index contributed by atoms with van der Waals surface area (Å²) in [6.45, 7) is 41.8. The summed E-state index contributed by atoms with van der Waals surface area (Å²) in [6, 6.07) is 21.8. The number of hydrogen-bond acceptors (Lipinski definition) is 12. The maximum absolute atomic E-state index is 11.7. The number of benzene rings is 6. The van der Waals surface area contributed by atoms with Gasteiger partial charge in [0.15, 0.2) is 0 Å². The van der Waals surface area contributed by atoms with Crippen LogP contribution >= 0.6 is 0 Å². The van der Waals surface area contributed by atoms with Gasteiger partial charge in [-0.15, -0.1) is 0 Å². The average Bonchev–Trinajstić information content (AvgIpc) is 0.726. The van der Waals surface area contributed by atoms with Crippen molar-refractivity contribution in [2.24, 2.45) is 0 Å². The molecule has 119 heavy (non-hydrogen) atoms. The summed E-state index contributed by atoms with van der Waals surface area (Å²) in [7, 11) is 0. The van der Waals surface area contributed by atoms with Gasteiger partial charge in [-0.3, -0.25) is 0 Å². The molecule has 0 radical (unpaired) electrons. The quantitative estimate of drug-likeness (QED) is 0.0179. The number of hydrogen-bond donors (Lipinski definition) is 7. The molecule has 5 aliphatic heterocycles. The maximum atomic E-state index is 11.7. The standard InChI is InChI=1S/C22H30O4.C21H30O2.C20H26O4.C19H22O2.C19H26O2.4CH4/c1-5-6-7-10-16-14-18-17(20(23)19(16)21(24)25)11-13-22(4,26-18)12-8-9-15(2)3;1-5-6-7-10-17-14-19(22)18-11-13-21(4,23-20(18)15-17)12-8-9-16(2)3;1-5-7-14-12-16-15(18(21)17(14)19(22)23)9-11-20(4,24-16)10-6-8-13(2)3;1-5-6-13-10-16(20)18-14-9-12(2)7-8-15(14)19(3,4)21-17(18)11-13;1-5-7-15-12-17(20)16-9-11-19(4,21-18(16)13-15)10-6-8-14(2)3;;;;/h9,11,13-14,23H,5-8,10,12H2,1-4H3,(H,24,25);9,11,13-15,22H,5-8,10,12H2,1-4H3;8-9,11-12,21H,5-7,10H2,1-4H3,(H,22,23);7-11,20H,5-6H2,1-4H3;8-9,11-13,20H,5-7,10H2,1-4H3;4*1H4. The molecule has 14 heteroatoms. The zero-order valence-corrected chi connectivity index (χ0v) is 72.8. The topological polar surface area (TPSA) is 222 Å². The number of phenolic OH excluding ortho intramolecular Hbond substituents is 3. The van der Waals surface area contributed by atoms with Gasteiger partial charge in [0.1, 0.15) is 96.6 Å². The van der Waals surface area contributed by atoms with Crippen molar-refractivity contribution in [3.8, 4) is 68.6 Å². The Labute approximate surface area is 717 Å². The highest BCUT2D eigenvalue weighted by Gasteiger charge is 2.37. The van der Waals surface area contributed by atoms with Crippen LogP contribution < -0.4 is 23.7 Å². The highest BCUT2D eigenvalue weighted by molar-refractivity contribution is 5.96. The van der Waals surface area contributed by atoms with E-state index in [2.05, 4.69) is 191 Å². The zero-order chi connectivity index (χ0) is 84.8. The Morgan fingerprint density at radius 2 is 0.697 bits per heavy atom. The van der Waals surface area contributed by atoms with E-state index in [-0.39, 0.29) is 69.1 Å². The summed E-state index contributed by atoms with van der Waals surface area (Å²) in [6.07, 6.45) is 45.3. The van der Waals surface area contributed by atoms with Crippen LogP contribution in [-0.4, -0.2) is 70.1 Å². The van der Waals surface area contributed by atoms with Crippen LogP contribution in [0, 0.1) is 6.92 Å². The molecule has 654 valence electrons. The summed E-state index contributed by atoms with van der Waals surface area (Å²) in [4.78, 5) is 23.2. The van der Waals surface area contributed by atoms with Gasteiger partial charge in [0.2, 0.25) is 0 Å². The number of unbranched alkanes of at least 4 members (excludes halogenated alkanes) is 4. The largest absolute Gasteiger partial charge is 0.507 e. The zero-order valence-electron chi connectivity index (χ0n) is 72.8. The molecule has 0 amide bonds. The van der Waals surface area contributed by atoms with Crippen molar-refractivity contribution in [2.75, 3.05) is 0 Å². The number of aromatic carboxylic acids is 2. The fourth-order valence-electron chi connectivity index (χ4n) is 15.1. The lowest BCUT2D eigenvalue weighted by atomic mass is 9.84. The summed E-state index contributed by atoms with van der Waals surface area (Å²) in [5.41, 5.74) is 14.7. The van der Waals surface area contributed by atoms with E-state index >= 15 is 0 Å². The molecule has 7 N–H and O–H groups in total. The Morgan fingerprint density at radius 1 is 0.370 bits per heavy atom. The molecule has 0 aromatic heterocycles. The molecule has 0 bridgehead atoms. The van der Waals surface area contributed by atoms with Gasteiger partial charge >= 0.3 is 11.9 Å². The monoisotopic (exact) mass is 1640 g/mol. The molecule has 4 atom stereocenters. The van der Waals surface area contributed by atoms with Crippen LogP contribution in [0.25, 0.3) is 35.4 Å². The van der Waals surface area contributed by atoms with Gasteiger partial charge in [-0.2, -0.15) is 0 Å². The molecule has 0 spiro atoms. The SMILES string of the molecule is C.C.C.C.CCCCCc1cc(O)c2c(c1)OC(C)(CCC=C(C)C)C=C2.CCCCCc1cc2c(c(O)c1C(=O)O)C=CC(C)(CCC=C(C)C)O2.CCCc1cc(O)c2c(c1)OC(C)(C)c1ccc(C)cc1-2.CCCc1cc(O)c2c(c1)OC(C)(CCC=C(C)C)C=C2.CCCc1cc2c(c(O)c1C(=O)O)C=CC(C)(CCC=C(C)C)O2. The van der Waals surface area contributed by atoms with Crippen molar-refractivity contribution in [2.45, 2.75) is 337 Å². The smallest absolute Gasteiger partial charge is 0.339 e. The van der Waals surface area contributed by atoms with E-state index in [1.807, 2.05) is 63.3 Å². The number of carbonyl (C=O) groups is 2. The van der Waals surface area contributed by atoms with Crippen LogP contribution in [0.5, 0.6) is 57.5 Å². The summed E-state index contributed by atoms with van der Waals surface area (Å²) < 4.78 is 31.0. The Bertz CT molecular complexity index is 4630. The highest BCUT2D eigenvalue weighted by atomic mass is 16.5. The first-order valence-corrected chi connectivity index (χ1v) is 42.0. The third kappa shape index (κ3) is 29.0. The van der Waals surface area contributed by atoms with Crippen LogP contribution in [0.2, 0.25) is 0 Å². The number of carboxylic acids is 2. The Hall–Kier alpha value is -9.82. The van der Waals surface area contributed by atoms with E-state index in [1.54, 1.807) is 24.3 Å². The van der Waals surface area contributed by atoms with Crippen LogP contribution in [0.4, 0.5) is 0 Å². The van der Waals surface area contributed by atoms with Crippen molar-refractivity contribution < 1.29 is 69.0 Å². The average molecular weight is 1640 g/mol. The Balaban J connectivity index is 0.000000382. The molecule has 5 aliphatic rings. The van der Waals surface area contributed by atoms with Gasteiger partial charge in [-0.1, -0.05) is 180 Å². The lowest BCUT2D eigenvalue weighted by Crippen LogP contribution is -2.32. The Kier molecular flexibility index (Phi) is 40.5. The number of aromatic hydroxyl groups is 5. The van der Waals surface area contributed by atoms with E-state index < -0.39 is 23.1 Å². The summed E-state index contributed by atoms with van der Waals surface area (Å²) >= 11 is 0. The third-order valence-corrected chi connectivity index (χ3v) is 21.4. The molecular formula is C105H150O14. The van der Waals surface area contributed by atoms with Crippen LogP contribution in [0.15, 0.2) is 138 Å². The first-order valence-electron chi connectivity index (χ1n) is 42.0. The first-order chi connectivity index (χ1) is 54.3. The van der Waals surface area contributed by atoms with E-state index in [0.717, 1.165) is 177 Å². The summed E-state index contributed by atoms with van der Waals surface area (Å²) in [5.74, 6) is 1.92. The van der Waals surface area contributed by atoms with E-state index in [4.69, 9.17) is 23.7 Å². The minimum Gasteiger partial charge on any atom is -0.507 e. The molecule has 5 heterocycles. The minimum absolute atomic E-state index is 0. The predicted molar refractivity (Wildman–Crippen MR) is 501 cm³/mol. The van der Waals surface area contributed by atoms with Crippen LogP contribution in [0.3, 0.4) is 0 Å². The van der Waals surface area contributed by atoms with Gasteiger partial charge in [0, 0.05) is 5.56 Å². The second-order valence-corrected chi connectivity index (χ2v) is 34.1. The molecule has 11 rings (SSSR count). The first kappa shape index (κ1) is 103. The second-order valence-electron chi connectivity index (χ2n) is 34.1. The molecule has 14 nitrogen and oxygen atoms in total. The van der Waals surface area contributed by atoms with Gasteiger partial charge in [-0.25, -0.2) is 9.59 Å². The molecule has 4 unspecified atom stereocenters. The van der Waals surface area contributed by atoms with Crippen molar-refractivity contribution in [1.29, 1.82) is 0 Å². The summed E-state index contributed by atoms with van der Waals surface area (Å²) in [5, 5.41) is 70.8. The highest BCUT2D eigenvalue weighted by Crippen LogP contribution is 2.51. The minimum atomic E-state index is -1.11. The molecule has 0 fully saturated rings. The lowest BCUT2D eigenvalue weighted by molar-refractivity contribution is 0.0680. The van der Waals surface area contributed by atoms with E-state index in [9.17, 15) is 45.3 Å². The van der Waals surface area contributed by atoms with Crippen molar-refractivity contribution in [3.05, 3.63) is 210 Å². The number of phenols is 5. The van der Waals surface area contributed by atoms with Gasteiger partial charge in [-0.05, 0) is 331 Å². The molecule has 0 saturated heterocycles. The molecular weight excluding hydrogens is 1490 g/mol. The van der Waals surface area contributed by atoms with Crippen molar-refractivity contribution >= 4 is 36.2 Å². The van der Waals surface area contributed by atoms with Crippen LogP contribution in [-0.2, 0) is 37.7 Å². The molecule has 6 aromatic rings. The number of aryl methyl sites for hydroxylation is 6. The molecule has 0 saturated carbocycles. The van der Waals surface area contributed by atoms with Gasteiger partial charge in [0.05, 0.1) is 27.8 Å². The van der Waals surface area contributed by atoms with E-state index in [1.165, 1.54) is 40.7 Å². The predicted octanol–water partition coefficient (Wildman–Crippen LogP) is 29.5. The number of allylic oxidation sites excluding steroid dienone is 8. The molecule has 6 aromatic carbocycles. The van der Waals surface area contributed by atoms with Crippen molar-refractivity contribution in [3.63, 3.8) is 0 Å². The van der Waals surface area contributed by atoms with Crippen molar-refractivity contribution in [1.82, 2.24) is 0 Å². The maximum Gasteiger partial charge on any atom is 0.339 e. The fraction of sp³-hybridized carbons (Fsp3) is 0.486. The normalized spacial score (nSPS) is 17.6. The number of fused-ring (bicyclic) bond motifs is 7. The third-order valence-electron chi connectivity index (χ3n) is 21.4.